The first-order valence-corrected chi connectivity index (χ1v) is 16.0. The highest BCUT2D eigenvalue weighted by Crippen LogP contribution is 2.46. The normalized spacial score (nSPS) is 17.1. The molecule has 11 heteroatoms. The molecule has 8 nitrogen and oxygen atoms in total. The first kappa shape index (κ1) is 31.1. The highest BCUT2D eigenvalue weighted by atomic mass is 79.9. The van der Waals surface area contributed by atoms with Gasteiger partial charge >= 0.3 is 0 Å². The zero-order valence-electron chi connectivity index (χ0n) is 24.5. The molecule has 1 saturated heterocycles. The minimum absolute atomic E-state index is 0.00869. The zero-order chi connectivity index (χ0) is 31.1. The first-order valence-electron chi connectivity index (χ1n) is 14.0. The summed E-state index contributed by atoms with van der Waals surface area (Å²) < 4.78 is 19.2. The molecule has 0 spiro atoms. The number of halogens is 2. The number of likely N-dealkylation sites (tertiary alicyclic amines) is 1. The number of aryl methyl sites for hydroxylation is 1. The summed E-state index contributed by atoms with van der Waals surface area (Å²) in [4.78, 5) is 16.7. The summed E-state index contributed by atoms with van der Waals surface area (Å²) in [7, 11) is 0. The number of piperidine rings is 1. The molecule has 228 valence electrons. The van der Waals surface area contributed by atoms with Crippen LogP contribution in [0.15, 0.2) is 71.4 Å². The second-order valence-corrected chi connectivity index (χ2v) is 13.3. The number of amides is 1. The minimum atomic E-state index is -0.621. The molecule has 3 N–H and O–H groups in total. The number of hydrogen-bond donors (Lipinski definition) is 2. The molecule has 1 fully saturated rings. The third-order valence-electron chi connectivity index (χ3n) is 7.65. The average Bonchev–Trinajstić information content (AvgIpc) is 3.39. The van der Waals surface area contributed by atoms with E-state index in [1.165, 1.54) is 11.3 Å². The van der Waals surface area contributed by atoms with E-state index < -0.39 is 17.6 Å². The summed E-state index contributed by atoms with van der Waals surface area (Å²) in [5, 5.41) is 11.6. The minimum Gasteiger partial charge on any atom is -0.504 e. The molecule has 2 aliphatic rings. The van der Waals surface area contributed by atoms with Crippen molar-refractivity contribution >= 4 is 55.5 Å². The van der Waals surface area contributed by atoms with Crippen molar-refractivity contribution in [3.63, 3.8) is 0 Å². The van der Waals surface area contributed by atoms with E-state index in [2.05, 4.69) is 27.4 Å². The van der Waals surface area contributed by atoms with Gasteiger partial charge in [0.05, 0.1) is 10.2 Å². The lowest BCUT2D eigenvalue weighted by atomic mass is 10.0. The Hall–Kier alpha value is -3.34. The Bertz CT molecular complexity index is 1580. The van der Waals surface area contributed by atoms with Gasteiger partial charge in [-0.15, -0.1) is 11.3 Å². The molecule has 1 aromatic heterocycles. The third kappa shape index (κ3) is 6.18. The van der Waals surface area contributed by atoms with Crippen molar-refractivity contribution < 1.29 is 24.1 Å². The van der Waals surface area contributed by atoms with Crippen molar-refractivity contribution in [3.05, 3.63) is 92.4 Å². The fraction of sp³-hybridized carbons (Fsp3) is 0.344. The van der Waals surface area contributed by atoms with Crippen molar-refractivity contribution in [2.75, 3.05) is 18.0 Å². The summed E-state index contributed by atoms with van der Waals surface area (Å²) in [5.41, 5.74) is 7.75. The Labute approximate surface area is 269 Å². The number of nitrogens with two attached hydrogens (primary N) is 1. The number of carbonyl (C=O) groups excluding carboxylic acids is 1. The molecular formula is C32H35BrClN3O5S. The van der Waals surface area contributed by atoms with E-state index in [1.54, 1.807) is 18.3 Å². The number of aliphatic hydroxyl groups excluding tert-OH is 1. The largest absolute Gasteiger partial charge is 0.504 e. The molecule has 0 saturated carbocycles. The number of anilines is 2. The van der Waals surface area contributed by atoms with Gasteiger partial charge in [0, 0.05) is 48.8 Å². The molecule has 3 aromatic rings. The number of benzene rings is 2. The van der Waals surface area contributed by atoms with Gasteiger partial charge in [-0.05, 0) is 61.3 Å². The van der Waals surface area contributed by atoms with Gasteiger partial charge in [0.25, 0.3) is 5.91 Å². The Morgan fingerprint density at radius 3 is 2.58 bits per heavy atom. The van der Waals surface area contributed by atoms with Crippen LogP contribution in [0, 0.1) is 6.92 Å². The summed E-state index contributed by atoms with van der Waals surface area (Å²) in [5.74, 6) is 1.35. The van der Waals surface area contributed by atoms with E-state index in [1.807, 2.05) is 62.9 Å². The molecular weight excluding hydrogens is 654 g/mol. The fourth-order valence-electron chi connectivity index (χ4n) is 5.24. The number of aliphatic hydroxyl groups is 1. The standard InChI is InChI=1S/C32H35BrClN3O5S/c1-6-37(25-17-24(28(43-25)30(35)39)40-19(3)21-9-7-8-10-22(21)34)27-18(2)11-12-23(26(27)33)41-20-13-15-36(16-14-20)31-29(38)32(4,5)42-31/h6-12,17,19-20,38H,1,13-16H2,2-5H3,(H2,35,39)/t19-/m1/s1. The van der Waals surface area contributed by atoms with Crippen molar-refractivity contribution in [2.24, 2.45) is 5.73 Å². The molecule has 0 unspecified atom stereocenters. The van der Waals surface area contributed by atoms with Gasteiger partial charge in [0.1, 0.15) is 33.6 Å². The number of carbonyl (C=O) groups is 1. The summed E-state index contributed by atoms with van der Waals surface area (Å²) >= 11 is 11.4. The van der Waals surface area contributed by atoms with Gasteiger partial charge in [0.2, 0.25) is 5.88 Å². The third-order valence-corrected chi connectivity index (χ3v) is 9.89. The molecule has 3 heterocycles. The summed E-state index contributed by atoms with van der Waals surface area (Å²) in [6, 6.07) is 13.2. The summed E-state index contributed by atoms with van der Waals surface area (Å²) in [6.45, 7) is 13.1. The lowest BCUT2D eigenvalue weighted by Crippen LogP contribution is -2.48. The van der Waals surface area contributed by atoms with Crippen molar-refractivity contribution in [3.8, 4) is 11.5 Å². The predicted octanol–water partition coefficient (Wildman–Crippen LogP) is 8.37. The molecule has 0 aliphatic carbocycles. The number of thiophene rings is 1. The number of rotatable bonds is 10. The Morgan fingerprint density at radius 2 is 1.98 bits per heavy atom. The highest BCUT2D eigenvalue weighted by Gasteiger charge is 2.43. The van der Waals surface area contributed by atoms with E-state index in [-0.39, 0.29) is 6.10 Å². The van der Waals surface area contributed by atoms with Crippen LogP contribution < -0.4 is 20.1 Å². The maximum absolute atomic E-state index is 12.4. The smallest absolute Gasteiger partial charge is 0.262 e. The van der Waals surface area contributed by atoms with Gasteiger partial charge in [-0.25, -0.2) is 0 Å². The topological polar surface area (TPSA) is 97.5 Å². The number of ether oxygens (including phenoxy) is 3. The maximum Gasteiger partial charge on any atom is 0.262 e. The molecule has 2 aromatic carbocycles. The maximum atomic E-state index is 12.4. The molecule has 2 aliphatic heterocycles. The lowest BCUT2D eigenvalue weighted by Gasteiger charge is -2.44. The van der Waals surface area contributed by atoms with Gasteiger partial charge in [-0.3, -0.25) is 4.79 Å². The van der Waals surface area contributed by atoms with E-state index in [9.17, 15) is 9.90 Å². The zero-order valence-corrected chi connectivity index (χ0v) is 27.7. The summed E-state index contributed by atoms with van der Waals surface area (Å²) in [6.07, 6.45) is 2.82. The molecule has 5 rings (SSSR count). The van der Waals surface area contributed by atoms with Crippen LogP contribution in [-0.4, -0.2) is 40.7 Å². The van der Waals surface area contributed by atoms with E-state index in [0.29, 0.717) is 38.0 Å². The van der Waals surface area contributed by atoms with Gasteiger partial charge in [0.15, 0.2) is 11.4 Å². The van der Waals surface area contributed by atoms with Crippen LogP contribution in [0.3, 0.4) is 0 Å². The monoisotopic (exact) mass is 687 g/mol. The number of primary amides is 1. The second kappa shape index (κ2) is 12.3. The van der Waals surface area contributed by atoms with E-state index in [0.717, 1.165) is 47.2 Å². The average molecular weight is 689 g/mol. The molecule has 43 heavy (non-hydrogen) atoms. The van der Waals surface area contributed by atoms with Gasteiger partial charge < -0.3 is 34.9 Å². The number of hydrogen-bond acceptors (Lipinski definition) is 8. The SMILES string of the molecule is C=CN(c1cc(O[C@H](C)c2ccccc2Cl)c(C(N)=O)s1)c1c(C)ccc(OC2CCN(C3=C(O)C(C)(C)O3)CC2)c1Br. The predicted molar refractivity (Wildman–Crippen MR) is 175 cm³/mol. The van der Waals surface area contributed by atoms with Crippen LogP contribution in [0.5, 0.6) is 11.5 Å². The number of nitrogens with zero attached hydrogens (tertiary/aromatic N) is 2. The van der Waals surface area contributed by atoms with Crippen LogP contribution in [0.1, 0.15) is 60.5 Å². The van der Waals surface area contributed by atoms with Gasteiger partial charge in [-0.2, -0.15) is 0 Å². The molecule has 1 atom stereocenters. The van der Waals surface area contributed by atoms with Crippen LogP contribution in [0.25, 0.3) is 0 Å². The molecule has 0 bridgehead atoms. The van der Waals surface area contributed by atoms with Crippen LogP contribution >= 0.6 is 38.9 Å². The first-order chi connectivity index (χ1) is 20.4. The Kier molecular flexibility index (Phi) is 8.92. The fourth-order valence-corrected chi connectivity index (χ4v) is 7.21. The van der Waals surface area contributed by atoms with Crippen molar-refractivity contribution in [1.29, 1.82) is 0 Å². The molecule has 0 radical (unpaired) electrons. The Balaban J connectivity index is 1.36. The quantitative estimate of drug-likeness (QED) is 0.221. The van der Waals surface area contributed by atoms with Crippen LogP contribution in [0.2, 0.25) is 5.02 Å². The van der Waals surface area contributed by atoms with Gasteiger partial charge in [-0.1, -0.05) is 42.4 Å². The van der Waals surface area contributed by atoms with E-state index in [4.69, 9.17) is 31.5 Å². The van der Waals surface area contributed by atoms with Crippen molar-refractivity contribution in [2.45, 2.75) is 58.3 Å². The van der Waals surface area contributed by atoms with E-state index >= 15 is 0 Å². The van der Waals surface area contributed by atoms with Crippen LogP contribution in [-0.2, 0) is 4.74 Å². The second-order valence-electron chi connectivity index (χ2n) is 11.1. The van der Waals surface area contributed by atoms with Crippen LogP contribution in [0.4, 0.5) is 10.7 Å². The lowest BCUT2D eigenvalue weighted by molar-refractivity contribution is -0.0927. The van der Waals surface area contributed by atoms with Crippen molar-refractivity contribution in [1.82, 2.24) is 4.90 Å². The Morgan fingerprint density at radius 1 is 1.28 bits per heavy atom. The molecule has 1 amide bonds. The highest BCUT2D eigenvalue weighted by molar-refractivity contribution is 9.10.